The molecule has 0 N–H and O–H groups in total. The molecular formula is C13H15NO4S. The second-order valence-corrected chi connectivity index (χ2v) is 5.87. The topological polar surface area (TPSA) is 77.3 Å². The van der Waals surface area contributed by atoms with E-state index in [0.717, 1.165) is 4.88 Å². The van der Waals surface area contributed by atoms with Crippen molar-refractivity contribution >= 4 is 22.9 Å². The van der Waals surface area contributed by atoms with Crippen molar-refractivity contribution in [1.29, 1.82) is 0 Å². The highest BCUT2D eigenvalue weighted by Crippen LogP contribution is 2.48. The maximum Gasteiger partial charge on any atom is 0.212 e. The van der Waals surface area contributed by atoms with E-state index in [9.17, 15) is 19.7 Å². The molecule has 5 nitrogen and oxygen atoms in total. The highest BCUT2D eigenvalue weighted by atomic mass is 32.1. The molecule has 1 heterocycles. The highest BCUT2D eigenvalue weighted by Gasteiger charge is 2.54. The van der Waals surface area contributed by atoms with E-state index in [4.69, 9.17) is 0 Å². The molecule has 1 aliphatic rings. The number of carbonyl (C=O) groups is 2. The number of thiophene rings is 1. The van der Waals surface area contributed by atoms with Gasteiger partial charge in [-0.1, -0.05) is 6.07 Å². The summed E-state index contributed by atoms with van der Waals surface area (Å²) >= 11 is 1.37. The van der Waals surface area contributed by atoms with Crippen LogP contribution in [0.15, 0.2) is 17.5 Å². The lowest BCUT2D eigenvalue weighted by Crippen LogP contribution is -2.42. The summed E-state index contributed by atoms with van der Waals surface area (Å²) in [7, 11) is 0. The lowest BCUT2D eigenvalue weighted by molar-refractivity contribution is -0.485. The molecule has 0 spiro atoms. The van der Waals surface area contributed by atoms with Crippen LogP contribution in [0.3, 0.4) is 0 Å². The van der Waals surface area contributed by atoms with Gasteiger partial charge in [0.15, 0.2) is 0 Å². The van der Waals surface area contributed by atoms with Crippen molar-refractivity contribution < 1.29 is 14.5 Å². The Labute approximate surface area is 114 Å². The average Bonchev–Trinajstić information content (AvgIpc) is 2.95. The second-order valence-electron chi connectivity index (χ2n) is 4.89. The summed E-state index contributed by atoms with van der Waals surface area (Å²) in [6.45, 7) is 1.01. The standard InChI is InChI=1S/C13H15NO4S/c1-9(15)13(6-2-5-12(13)16)10(8-14(17)18)11-4-3-7-19-11/h3-4,7,10H,2,5-6,8H2,1H3/t10-,13+/m0/s1. The molecule has 0 bridgehead atoms. The quantitative estimate of drug-likeness (QED) is 0.472. The molecular weight excluding hydrogens is 266 g/mol. The van der Waals surface area contributed by atoms with Gasteiger partial charge in [-0.3, -0.25) is 19.7 Å². The molecule has 0 aromatic carbocycles. The normalized spacial score (nSPS) is 24.4. The Kier molecular flexibility index (Phi) is 3.80. The number of hydrogen-bond donors (Lipinski definition) is 0. The summed E-state index contributed by atoms with van der Waals surface area (Å²) in [6, 6.07) is 3.56. The molecule has 1 saturated carbocycles. The van der Waals surface area contributed by atoms with Gasteiger partial charge in [0.2, 0.25) is 6.54 Å². The Morgan fingerprint density at radius 1 is 1.63 bits per heavy atom. The van der Waals surface area contributed by atoms with E-state index in [1.807, 2.05) is 5.38 Å². The molecule has 1 aromatic rings. The summed E-state index contributed by atoms with van der Waals surface area (Å²) in [5.74, 6) is -1.01. The van der Waals surface area contributed by atoms with Crippen molar-refractivity contribution in [2.75, 3.05) is 6.54 Å². The molecule has 0 saturated heterocycles. The van der Waals surface area contributed by atoms with Gasteiger partial charge in [0.1, 0.15) is 17.0 Å². The molecule has 2 rings (SSSR count). The van der Waals surface area contributed by atoms with E-state index in [1.165, 1.54) is 18.3 Å². The molecule has 2 atom stereocenters. The van der Waals surface area contributed by atoms with Gasteiger partial charge in [-0.05, 0) is 31.2 Å². The van der Waals surface area contributed by atoms with Crippen LogP contribution in [0.1, 0.15) is 37.0 Å². The summed E-state index contributed by atoms with van der Waals surface area (Å²) in [5, 5.41) is 12.7. The van der Waals surface area contributed by atoms with Crippen LogP contribution in [0.5, 0.6) is 0 Å². The number of nitro groups is 1. The molecule has 6 heteroatoms. The Morgan fingerprint density at radius 3 is 2.79 bits per heavy atom. The predicted molar refractivity (Wildman–Crippen MR) is 70.9 cm³/mol. The van der Waals surface area contributed by atoms with Crippen LogP contribution in [-0.4, -0.2) is 23.0 Å². The molecule has 0 radical (unpaired) electrons. The first-order chi connectivity index (χ1) is 8.98. The predicted octanol–water partition coefficient (Wildman–Crippen LogP) is 2.44. The number of Topliss-reactive ketones (excluding diaryl/α,β-unsaturated/α-hetero) is 2. The van der Waals surface area contributed by atoms with E-state index < -0.39 is 16.3 Å². The van der Waals surface area contributed by atoms with Crippen molar-refractivity contribution in [3.63, 3.8) is 0 Å². The first kappa shape index (κ1) is 13.9. The maximum absolute atomic E-state index is 12.2. The minimum Gasteiger partial charge on any atom is -0.299 e. The molecule has 19 heavy (non-hydrogen) atoms. The zero-order valence-electron chi connectivity index (χ0n) is 10.6. The van der Waals surface area contributed by atoms with Crippen molar-refractivity contribution in [3.8, 4) is 0 Å². The monoisotopic (exact) mass is 281 g/mol. The molecule has 1 fully saturated rings. The number of hydrogen-bond acceptors (Lipinski definition) is 5. The van der Waals surface area contributed by atoms with Crippen LogP contribution in [0, 0.1) is 15.5 Å². The minimum atomic E-state index is -1.18. The van der Waals surface area contributed by atoms with Gasteiger partial charge in [0.25, 0.3) is 0 Å². The summed E-state index contributed by atoms with van der Waals surface area (Å²) in [6.07, 6.45) is 1.41. The van der Waals surface area contributed by atoms with Gasteiger partial charge in [-0.2, -0.15) is 0 Å². The third kappa shape index (κ3) is 2.32. The smallest absolute Gasteiger partial charge is 0.212 e. The largest absolute Gasteiger partial charge is 0.299 e. The molecule has 1 aliphatic carbocycles. The maximum atomic E-state index is 12.2. The number of carbonyl (C=O) groups excluding carboxylic acids is 2. The fraction of sp³-hybridized carbons (Fsp3) is 0.538. The second kappa shape index (κ2) is 5.21. The van der Waals surface area contributed by atoms with Gasteiger partial charge in [-0.25, -0.2) is 0 Å². The Morgan fingerprint density at radius 2 is 2.37 bits per heavy atom. The van der Waals surface area contributed by atoms with Crippen LogP contribution >= 0.6 is 11.3 Å². The van der Waals surface area contributed by atoms with Crippen LogP contribution in [0.4, 0.5) is 0 Å². The summed E-state index contributed by atoms with van der Waals surface area (Å²) in [4.78, 5) is 35.5. The molecule has 0 aliphatic heterocycles. The minimum absolute atomic E-state index is 0.139. The van der Waals surface area contributed by atoms with Gasteiger partial charge in [-0.15, -0.1) is 11.3 Å². The third-order valence-electron chi connectivity index (χ3n) is 3.91. The summed E-state index contributed by atoms with van der Waals surface area (Å²) < 4.78 is 0. The Balaban J connectivity index is 2.48. The SMILES string of the molecule is CC(=O)[C@@]1([C@@H](C[N+](=O)[O-])c2cccs2)CCCC1=O. The van der Waals surface area contributed by atoms with E-state index >= 15 is 0 Å². The van der Waals surface area contributed by atoms with E-state index in [1.54, 1.807) is 12.1 Å². The first-order valence-corrected chi connectivity index (χ1v) is 7.06. The Hall–Kier alpha value is -1.56. The van der Waals surface area contributed by atoms with Crippen LogP contribution in [0.2, 0.25) is 0 Å². The van der Waals surface area contributed by atoms with E-state index in [-0.39, 0.29) is 18.1 Å². The molecule has 0 unspecified atom stereocenters. The fourth-order valence-corrected chi connectivity index (χ4v) is 3.92. The number of rotatable bonds is 5. The molecule has 0 amide bonds. The van der Waals surface area contributed by atoms with Gasteiger partial charge in [0, 0.05) is 16.2 Å². The van der Waals surface area contributed by atoms with Gasteiger partial charge in [0.05, 0.1) is 5.92 Å². The average molecular weight is 281 g/mol. The van der Waals surface area contributed by atoms with Gasteiger partial charge >= 0.3 is 0 Å². The zero-order valence-corrected chi connectivity index (χ0v) is 11.4. The number of nitrogens with zero attached hydrogens (tertiary/aromatic N) is 1. The van der Waals surface area contributed by atoms with Crippen molar-refractivity contribution in [1.82, 2.24) is 0 Å². The van der Waals surface area contributed by atoms with Gasteiger partial charge < -0.3 is 0 Å². The Bertz CT molecular complexity index is 511. The van der Waals surface area contributed by atoms with Crippen LogP contribution < -0.4 is 0 Å². The van der Waals surface area contributed by atoms with E-state index in [2.05, 4.69) is 0 Å². The third-order valence-corrected chi connectivity index (χ3v) is 4.90. The van der Waals surface area contributed by atoms with Crippen molar-refractivity contribution in [3.05, 3.63) is 32.5 Å². The van der Waals surface area contributed by atoms with Crippen LogP contribution in [-0.2, 0) is 9.59 Å². The zero-order chi connectivity index (χ0) is 14.0. The molecule has 1 aromatic heterocycles. The summed E-state index contributed by atoms with van der Waals surface area (Å²) in [5.41, 5.74) is -1.18. The lowest BCUT2D eigenvalue weighted by atomic mass is 9.69. The highest BCUT2D eigenvalue weighted by molar-refractivity contribution is 7.10. The lowest BCUT2D eigenvalue weighted by Gasteiger charge is -2.30. The van der Waals surface area contributed by atoms with Crippen LogP contribution in [0.25, 0.3) is 0 Å². The number of ketones is 2. The van der Waals surface area contributed by atoms with E-state index in [0.29, 0.717) is 19.3 Å². The first-order valence-electron chi connectivity index (χ1n) is 6.18. The van der Waals surface area contributed by atoms with Crippen molar-refractivity contribution in [2.24, 2.45) is 5.41 Å². The van der Waals surface area contributed by atoms with Crippen molar-refractivity contribution in [2.45, 2.75) is 32.1 Å². The fourth-order valence-electron chi connectivity index (χ4n) is 3.00. The molecule has 102 valence electrons.